The number of carbonyl (C=O) groups excluding carboxylic acids is 7. The topological polar surface area (TPSA) is 298 Å². The summed E-state index contributed by atoms with van der Waals surface area (Å²) in [5.41, 5.74) is -6.32. The number of esters is 6. The molecule has 12 saturated heterocycles. The van der Waals surface area contributed by atoms with Crippen molar-refractivity contribution >= 4 is 41.7 Å². The molecule has 29 heteroatoms. The standard InChI is InChI=1S/C64H90F3NO25/c1-32-11-13-41-35(4)49(82-53-61(41)38(32)22-26-57(8,85-53)88-91-61)79-46(72)18-15-43(69)76-29-60(68-52(75)64(65,66)67,30-77-44(70)16-19-47(73)80-50-36(5)42-14-12-33(2)39-23-27-58(9)86-54(83-50)62(39,42)92-89-58)31-78-45(71)17-20-48(74)81-51-37(6)56(7)25-21-34(3)40-24-28-59(10)87-55(84-51)63(40,56)93-90-59/h32-42,49-51,53-55H,11-31H2,1-10H3,(H,68,75)/t32-,33-,34-,35-,36-,37+,38+,39+,40+,41+,42+,49-,50-,51-,53-,54-,55-,56+,57-,58-,59-,61-,62-,63+/m1/s1. The molecular formula is C64H90F3NO25. The van der Waals surface area contributed by atoms with Gasteiger partial charge in [-0.1, -0.05) is 48.5 Å². The third-order valence-corrected chi connectivity index (χ3v) is 23.6. The van der Waals surface area contributed by atoms with Crippen molar-refractivity contribution in [2.24, 2.45) is 70.5 Å². The molecule has 3 saturated carbocycles. The van der Waals surface area contributed by atoms with Gasteiger partial charge in [-0.05, 0) is 114 Å². The molecule has 3 spiro atoms. The predicted octanol–water partition coefficient (Wildman–Crippen LogP) is 8.02. The fraction of sp³-hybridized carbons (Fsp3) is 0.891. The monoisotopic (exact) mass is 1330 g/mol. The average Bonchev–Trinajstić information content (AvgIpc) is 1.70. The maximum Gasteiger partial charge on any atom is 0.471 e. The number of nitrogens with one attached hydrogen (secondary N) is 1. The highest BCUT2D eigenvalue weighted by atomic mass is 19.4. The zero-order chi connectivity index (χ0) is 66.6. The van der Waals surface area contributed by atoms with Crippen LogP contribution in [0.5, 0.6) is 0 Å². The molecule has 26 nitrogen and oxygen atoms in total. The molecule has 1 amide bonds. The maximum absolute atomic E-state index is 14.3. The Labute approximate surface area is 537 Å². The first-order valence-electron chi connectivity index (χ1n) is 33.3. The lowest BCUT2D eigenvalue weighted by Crippen LogP contribution is -2.74. The maximum atomic E-state index is 14.3. The van der Waals surface area contributed by atoms with Crippen LogP contribution in [0.25, 0.3) is 0 Å². The summed E-state index contributed by atoms with van der Waals surface area (Å²) in [6, 6.07) is 0. The van der Waals surface area contributed by atoms with E-state index >= 15 is 0 Å². The van der Waals surface area contributed by atoms with E-state index in [1.54, 1.807) is 26.1 Å². The number of halogens is 3. The van der Waals surface area contributed by atoms with Gasteiger partial charge in [0.2, 0.25) is 36.2 Å². The van der Waals surface area contributed by atoms with E-state index in [-0.39, 0.29) is 47.3 Å². The largest absolute Gasteiger partial charge is 0.471 e. The van der Waals surface area contributed by atoms with E-state index in [0.29, 0.717) is 38.5 Å². The van der Waals surface area contributed by atoms with Crippen molar-refractivity contribution in [2.75, 3.05) is 19.8 Å². The Balaban J connectivity index is 0.697. The molecule has 6 bridgehead atoms. The fourth-order valence-corrected chi connectivity index (χ4v) is 17.9. The van der Waals surface area contributed by atoms with Crippen LogP contribution in [0.4, 0.5) is 13.2 Å². The van der Waals surface area contributed by atoms with Crippen molar-refractivity contribution in [1.82, 2.24) is 5.32 Å². The zero-order valence-corrected chi connectivity index (χ0v) is 54.5. The van der Waals surface area contributed by atoms with Crippen LogP contribution in [0.1, 0.15) is 185 Å². The van der Waals surface area contributed by atoms with Crippen molar-refractivity contribution in [3.8, 4) is 0 Å². The minimum absolute atomic E-state index is 0.00759. The van der Waals surface area contributed by atoms with Crippen molar-refractivity contribution in [2.45, 2.75) is 268 Å². The van der Waals surface area contributed by atoms with Gasteiger partial charge in [0.15, 0.2) is 35.7 Å². The number of rotatable bonds is 19. The summed E-state index contributed by atoms with van der Waals surface area (Å²) >= 11 is 0. The summed E-state index contributed by atoms with van der Waals surface area (Å²) in [4.78, 5) is 131. The molecule has 1 N–H and O–H groups in total. The molecule has 522 valence electrons. The van der Waals surface area contributed by atoms with Gasteiger partial charge in [-0.25, -0.2) is 29.3 Å². The van der Waals surface area contributed by atoms with Gasteiger partial charge < -0.3 is 62.2 Å². The summed E-state index contributed by atoms with van der Waals surface area (Å²) in [5, 5.41) is 1.68. The Morgan fingerprint density at radius 1 is 0.430 bits per heavy atom. The Bertz CT molecular complexity index is 2770. The molecule has 0 aromatic carbocycles. The van der Waals surface area contributed by atoms with Gasteiger partial charge in [0.1, 0.15) is 25.4 Å². The van der Waals surface area contributed by atoms with Crippen LogP contribution >= 0.6 is 0 Å². The summed E-state index contributed by atoms with van der Waals surface area (Å²) < 4.78 is 115. The number of hydrogen-bond acceptors (Lipinski definition) is 25. The van der Waals surface area contributed by atoms with Crippen LogP contribution in [0, 0.1) is 70.5 Å². The molecule has 93 heavy (non-hydrogen) atoms. The molecule has 0 aromatic heterocycles. The molecule has 15 rings (SSSR count). The Kier molecular flexibility index (Phi) is 18.5. The van der Waals surface area contributed by atoms with Gasteiger partial charge in [0, 0.05) is 54.3 Å². The Morgan fingerprint density at radius 2 is 0.806 bits per heavy atom. The van der Waals surface area contributed by atoms with Crippen molar-refractivity contribution < 1.29 is 133 Å². The lowest BCUT2D eigenvalue weighted by atomic mass is 9.50. The normalized spacial score (nSPS) is 45.6. The molecule has 3 aliphatic carbocycles. The smallest absolute Gasteiger partial charge is 0.463 e. The van der Waals surface area contributed by atoms with Gasteiger partial charge in [0.25, 0.3) is 0 Å². The van der Waals surface area contributed by atoms with Crippen LogP contribution in [0.15, 0.2) is 0 Å². The second kappa shape index (κ2) is 25.2. The highest BCUT2D eigenvalue weighted by Gasteiger charge is 2.76. The first-order chi connectivity index (χ1) is 43.8. The van der Waals surface area contributed by atoms with E-state index < -0.39 is 207 Å². The summed E-state index contributed by atoms with van der Waals surface area (Å²) in [6.07, 6.45) is -7.50. The second-order valence-electron chi connectivity index (χ2n) is 29.6. The van der Waals surface area contributed by atoms with Crippen molar-refractivity contribution in [1.29, 1.82) is 0 Å². The van der Waals surface area contributed by atoms with Crippen LogP contribution in [-0.4, -0.2) is 145 Å². The Morgan fingerprint density at radius 3 is 1.25 bits per heavy atom. The molecule has 12 heterocycles. The highest BCUT2D eigenvalue weighted by molar-refractivity contribution is 5.83. The molecule has 0 radical (unpaired) electrons. The van der Waals surface area contributed by atoms with Crippen LogP contribution in [0.2, 0.25) is 0 Å². The minimum Gasteiger partial charge on any atom is -0.463 e. The number of amides is 1. The van der Waals surface area contributed by atoms with Gasteiger partial charge in [0.05, 0.1) is 38.5 Å². The van der Waals surface area contributed by atoms with Gasteiger partial charge >= 0.3 is 47.9 Å². The fourth-order valence-electron chi connectivity index (χ4n) is 17.9. The van der Waals surface area contributed by atoms with E-state index in [1.165, 1.54) is 0 Å². The molecular weight excluding hydrogens is 1240 g/mol. The molecule has 0 aromatic rings. The van der Waals surface area contributed by atoms with Gasteiger partial charge in [-0.15, -0.1) is 0 Å². The molecule has 15 aliphatic rings. The number of hydrogen-bond donors (Lipinski definition) is 1. The zero-order valence-electron chi connectivity index (χ0n) is 54.5. The second-order valence-corrected chi connectivity index (χ2v) is 29.6. The highest BCUT2D eigenvalue weighted by Crippen LogP contribution is 2.67. The third kappa shape index (κ3) is 12.3. The predicted molar refractivity (Wildman–Crippen MR) is 301 cm³/mol. The van der Waals surface area contributed by atoms with E-state index in [2.05, 4.69) is 20.8 Å². The SMILES string of the molecule is C[C@H]1[C@H](OC(=O)CCC(=O)OCC(COC(=O)CCC(=O)O[C@@H]2O[C@@H]3O[C@@]4(C)CC[C@H]5[C@H](C)CC[C@@H]([C@H]2C)[C@@]35OO4)(COC(=O)CCC(=O)O[C@@H]2O[C@@H]3O[C@@]4(C)CC[C@H]5[C@H](C)CC[C@@](C)([C@H]2C)[C@@]35OO4)NC(=O)C(F)(F)F)O[C@@H]2O[C@@]3(C)CC[C@H]4[C@H](C)CC[C@@H]1[C@@]24OO3. The molecule has 12 aliphatic heterocycles. The summed E-state index contributed by atoms with van der Waals surface area (Å²) in [6.45, 7) is 15.5. The quantitative estimate of drug-likeness (QED) is 0.0727. The number of ether oxygens (including phenoxy) is 12. The summed E-state index contributed by atoms with van der Waals surface area (Å²) in [5.74, 6) is -13.3. The van der Waals surface area contributed by atoms with Gasteiger partial charge in [-0.3, -0.25) is 33.6 Å². The number of fused-ring (bicyclic) bond motifs is 6. The van der Waals surface area contributed by atoms with Crippen LogP contribution in [0.3, 0.4) is 0 Å². The molecule has 24 atom stereocenters. The summed E-state index contributed by atoms with van der Waals surface area (Å²) in [7, 11) is 0. The third-order valence-electron chi connectivity index (χ3n) is 23.6. The first kappa shape index (κ1) is 68.5. The van der Waals surface area contributed by atoms with Gasteiger partial charge in [-0.2, -0.15) is 13.2 Å². The van der Waals surface area contributed by atoms with Crippen molar-refractivity contribution in [3.63, 3.8) is 0 Å². The van der Waals surface area contributed by atoms with E-state index in [4.69, 9.17) is 86.2 Å². The number of carbonyl (C=O) groups is 7. The first-order valence-corrected chi connectivity index (χ1v) is 33.3. The van der Waals surface area contributed by atoms with Crippen LogP contribution < -0.4 is 5.32 Å². The van der Waals surface area contributed by atoms with Crippen molar-refractivity contribution in [3.05, 3.63) is 0 Å². The lowest BCUT2D eigenvalue weighted by Gasteiger charge is -2.65. The van der Waals surface area contributed by atoms with E-state index in [0.717, 1.165) is 38.5 Å². The van der Waals surface area contributed by atoms with E-state index in [9.17, 15) is 46.7 Å². The molecule has 0 unspecified atom stereocenters. The van der Waals surface area contributed by atoms with E-state index in [1.807, 2.05) is 27.7 Å². The van der Waals surface area contributed by atoms with Crippen LogP contribution in [-0.2, 0) is 120 Å². The minimum atomic E-state index is -5.61. The average molecular weight is 1330 g/mol. The lowest BCUT2D eigenvalue weighted by molar-refractivity contribution is -0.586. The molecule has 15 fully saturated rings. The number of alkyl halides is 3. The Hall–Kier alpha value is -4.40.